The minimum atomic E-state index is -3.39. The molecule has 3 aromatic rings. The van der Waals surface area contributed by atoms with Crippen molar-refractivity contribution in [1.29, 1.82) is 0 Å². The zero-order valence-electron chi connectivity index (χ0n) is 16.9. The van der Waals surface area contributed by atoms with Gasteiger partial charge in [-0.2, -0.15) is 0 Å². The molecule has 4 nitrogen and oxygen atoms in total. The maximum atomic E-state index is 13.8. The number of sulfonamides is 1. The van der Waals surface area contributed by atoms with Crippen LogP contribution in [-0.2, 0) is 10.0 Å². The van der Waals surface area contributed by atoms with Gasteiger partial charge in [0.25, 0.3) is 0 Å². The molecule has 2 aromatic carbocycles. The average molecular weight is 425 g/mol. The predicted molar refractivity (Wildman–Crippen MR) is 117 cm³/mol. The van der Waals surface area contributed by atoms with Gasteiger partial charge in [-0.3, -0.25) is 9.71 Å². The lowest BCUT2D eigenvalue weighted by Gasteiger charge is -2.30. The molecule has 156 valence electrons. The number of aryl methyl sites for hydroxylation is 1. The Morgan fingerprint density at radius 3 is 2.53 bits per heavy atom. The Kier molecular flexibility index (Phi) is 4.58. The van der Waals surface area contributed by atoms with Crippen molar-refractivity contribution in [2.75, 3.05) is 4.72 Å². The number of rotatable bonds is 4. The highest BCUT2D eigenvalue weighted by Crippen LogP contribution is 2.61. The van der Waals surface area contributed by atoms with Crippen LogP contribution in [0, 0.1) is 18.2 Å². The van der Waals surface area contributed by atoms with Gasteiger partial charge in [0.2, 0.25) is 10.0 Å². The fraction of sp³-hybridized carbons (Fsp3) is 0.375. The molecule has 1 N–H and O–H groups in total. The largest absolute Gasteiger partial charge is 0.283 e. The number of aromatic nitrogens is 1. The molecule has 2 saturated carbocycles. The highest BCUT2D eigenvalue weighted by atomic mass is 32.2. The van der Waals surface area contributed by atoms with Crippen molar-refractivity contribution in [2.45, 2.75) is 50.2 Å². The summed E-state index contributed by atoms with van der Waals surface area (Å²) >= 11 is 0. The molecule has 0 bridgehead atoms. The van der Waals surface area contributed by atoms with Crippen LogP contribution in [0.4, 0.5) is 10.1 Å². The van der Waals surface area contributed by atoms with E-state index >= 15 is 0 Å². The van der Waals surface area contributed by atoms with Gasteiger partial charge in [0, 0.05) is 17.3 Å². The quantitative estimate of drug-likeness (QED) is 0.598. The normalized spacial score (nSPS) is 26.1. The number of nitrogens with zero attached hydrogens (tertiary/aromatic N) is 1. The SMILES string of the molecule is Cc1ccc(NS(=O)(=O)C2CC23CCC(c2ccnc4ccc(F)cc24)CC3)cc1. The molecule has 0 amide bonds. The van der Waals surface area contributed by atoms with Crippen molar-refractivity contribution in [1.82, 2.24) is 4.98 Å². The molecule has 1 aromatic heterocycles. The summed E-state index contributed by atoms with van der Waals surface area (Å²) in [6.07, 6.45) is 6.13. The lowest BCUT2D eigenvalue weighted by Crippen LogP contribution is -2.25. The predicted octanol–water partition coefficient (Wildman–Crippen LogP) is 5.54. The summed E-state index contributed by atoms with van der Waals surface area (Å²) in [5.41, 5.74) is 3.56. The number of anilines is 1. The lowest BCUT2D eigenvalue weighted by molar-refractivity contribution is 0.307. The zero-order chi connectivity index (χ0) is 20.9. The number of pyridine rings is 1. The first-order valence-corrected chi connectivity index (χ1v) is 12.0. The highest BCUT2D eigenvalue weighted by Gasteiger charge is 2.61. The van der Waals surface area contributed by atoms with Crippen LogP contribution in [0.25, 0.3) is 10.9 Å². The molecule has 6 heteroatoms. The van der Waals surface area contributed by atoms with E-state index in [0.717, 1.165) is 54.1 Å². The monoisotopic (exact) mass is 424 g/mol. The second kappa shape index (κ2) is 7.05. The first kappa shape index (κ1) is 19.5. The molecule has 0 aliphatic heterocycles. The summed E-state index contributed by atoms with van der Waals surface area (Å²) in [6, 6.07) is 14.2. The van der Waals surface area contributed by atoms with E-state index in [9.17, 15) is 12.8 Å². The van der Waals surface area contributed by atoms with Gasteiger partial charge >= 0.3 is 0 Å². The molecule has 1 atom stereocenters. The molecule has 1 spiro atoms. The van der Waals surface area contributed by atoms with Gasteiger partial charge in [-0.15, -0.1) is 0 Å². The Bertz CT molecular complexity index is 1200. The fourth-order valence-corrected chi connectivity index (χ4v) is 7.18. The summed E-state index contributed by atoms with van der Waals surface area (Å²) in [6.45, 7) is 1.98. The van der Waals surface area contributed by atoms with Gasteiger partial charge in [-0.05, 0) is 92.3 Å². The molecular weight excluding hydrogens is 399 g/mol. The van der Waals surface area contributed by atoms with Gasteiger partial charge < -0.3 is 0 Å². The standard InChI is InChI=1S/C24H25FN2O2S/c1-16-2-5-19(6-3-16)27-30(28,29)23-15-24(23)11-8-17(9-12-24)20-10-13-26-22-7-4-18(25)14-21(20)22/h2-7,10,13-14,17,23,27H,8-9,11-12,15H2,1H3. The minimum absolute atomic E-state index is 0.110. The number of fused-ring (bicyclic) bond motifs is 1. The van der Waals surface area contributed by atoms with Gasteiger partial charge in [0.1, 0.15) is 5.82 Å². The molecule has 5 rings (SSSR count). The smallest absolute Gasteiger partial charge is 0.236 e. The van der Waals surface area contributed by atoms with E-state index in [0.29, 0.717) is 11.6 Å². The van der Waals surface area contributed by atoms with Gasteiger partial charge in [0.15, 0.2) is 0 Å². The molecule has 1 heterocycles. The van der Waals surface area contributed by atoms with E-state index < -0.39 is 10.0 Å². The Morgan fingerprint density at radius 2 is 1.80 bits per heavy atom. The van der Waals surface area contributed by atoms with E-state index in [1.54, 1.807) is 18.3 Å². The van der Waals surface area contributed by atoms with Gasteiger partial charge in [-0.1, -0.05) is 17.7 Å². The lowest BCUT2D eigenvalue weighted by atomic mass is 9.76. The van der Waals surface area contributed by atoms with Crippen LogP contribution in [0.2, 0.25) is 0 Å². The number of halogens is 1. The highest BCUT2D eigenvalue weighted by molar-refractivity contribution is 7.93. The fourth-order valence-electron chi connectivity index (χ4n) is 5.13. The third-order valence-electron chi connectivity index (χ3n) is 6.96. The summed E-state index contributed by atoms with van der Waals surface area (Å²) in [5.74, 6) is 0.0662. The van der Waals surface area contributed by atoms with Crippen molar-refractivity contribution in [3.63, 3.8) is 0 Å². The number of hydrogen-bond donors (Lipinski definition) is 1. The topological polar surface area (TPSA) is 59.1 Å². The van der Waals surface area contributed by atoms with Gasteiger partial charge in [-0.25, -0.2) is 12.8 Å². The van der Waals surface area contributed by atoms with E-state index in [-0.39, 0.29) is 16.5 Å². The third kappa shape index (κ3) is 3.47. The van der Waals surface area contributed by atoms with Crippen molar-refractivity contribution >= 4 is 26.6 Å². The minimum Gasteiger partial charge on any atom is -0.283 e. The Hall–Kier alpha value is -2.47. The van der Waals surface area contributed by atoms with Crippen LogP contribution in [0.3, 0.4) is 0 Å². The summed E-state index contributed by atoms with van der Waals surface area (Å²) < 4.78 is 42.4. The Morgan fingerprint density at radius 1 is 1.07 bits per heavy atom. The Labute approximate surface area is 176 Å². The van der Waals surface area contributed by atoms with Gasteiger partial charge in [0.05, 0.1) is 10.8 Å². The van der Waals surface area contributed by atoms with Crippen LogP contribution in [0.1, 0.15) is 49.1 Å². The maximum absolute atomic E-state index is 13.8. The molecule has 2 aliphatic rings. The van der Waals surface area contributed by atoms with E-state index in [1.165, 1.54) is 6.07 Å². The zero-order valence-corrected chi connectivity index (χ0v) is 17.8. The Balaban J connectivity index is 1.30. The second-order valence-corrected chi connectivity index (χ2v) is 10.8. The summed E-state index contributed by atoms with van der Waals surface area (Å²) in [7, 11) is -3.39. The molecule has 2 fully saturated rings. The number of hydrogen-bond acceptors (Lipinski definition) is 3. The molecule has 30 heavy (non-hydrogen) atoms. The molecular formula is C24H25FN2O2S. The summed E-state index contributed by atoms with van der Waals surface area (Å²) in [4.78, 5) is 4.35. The third-order valence-corrected chi connectivity index (χ3v) is 8.90. The van der Waals surface area contributed by atoms with Crippen LogP contribution in [-0.4, -0.2) is 18.7 Å². The van der Waals surface area contributed by atoms with E-state index in [1.807, 2.05) is 37.3 Å². The second-order valence-electron chi connectivity index (χ2n) is 8.90. The van der Waals surface area contributed by atoms with Crippen molar-refractivity contribution < 1.29 is 12.8 Å². The van der Waals surface area contributed by atoms with Crippen LogP contribution in [0.5, 0.6) is 0 Å². The molecule has 0 saturated heterocycles. The number of nitrogens with one attached hydrogen (secondary N) is 1. The van der Waals surface area contributed by atoms with Crippen LogP contribution < -0.4 is 4.72 Å². The van der Waals surface area contributed by atoms with Crippen molar-refractivity contribution in [3.05, 3.63) is 71.7 Å². The van der Waals surface area contributed by atoms with E-state index in [4.69, 9.17) is 0 Å². The first-order chi connectivity index (χ1) is 14.4. The number of benzene rings is 2. The molecule has 0 radical (unpaired) electrons. The van der Waals surface area contributed by atoms with Crippen molar-refractivity contribution in [3.8, 4) is 0 Å². The van der Waals surface area contributed by atoms with E-state index in [2.05, 4.69) is 9.71 Å². The van der Waals surface area contributed by atoms with Crippen LogP contribution >= 0.6 is 0 Å². The van der Waals surface area contributed by atoms with Crippen LogP contribution in [0.15, 0.2) is 54.7 Å². The first-order valence-electron chi connectivity index (χ1n) is 10.5. The molecule has 2 aliphatic carbocycles. The molecule has 1 unspecified atom stereocenters. The average Bonchev–Trinajstić information content (AvgIpc) is 3.44. The summed E-state index contributed by atoms with van der Waals surface area (Å²) in [5, 5.41) is 0.554. The maximum Gasteiger partial charge on any atom is 0.236 e. The van der Waals surface area contributed by atoms with Crippen molar-refractivity contribution in [2.24, 2.45) is 5.41 Å².